The molecular weight excluding hydrogens is 432 g/mol. The van der Waals surface area contributed by atoms with Crippen LogP contribution in [-0.4, -0.2) is 52.8 Å². The van der Waals surface area contributed by atoms with Gasteiger partial charge < -0.3 is 25.4 Å². The first kappa shape index (κ1) is 27.7. The molecule has 0 heterocycles. The van der Waals surface area contributed by atoms with Crippen molar-refractivity contribution in [2.24, 2.45) is 0 Å². The summed E-state index contributed by atoms with van der Waals surface area (Å²) < 4.78 is 10.4. The number of carbonyl (C=O) groups is 3. The molecule has 11 heteroatoms. The SMILES string of the molecule is C[C@@H](CNC(=O)[C@H](Cc1ccc([N+](=O)[O-])cc1)NC(=O)OC(C)(C)C)NC(=O)OC(C)(C)C. The number of nitrogens with zero attached hydrogens (tertiary/aromatic N) is 1. The van der Waals surface area contributed by atoms with Gasteiger partial charge in [0.1, 0.15) is 17.2 Å². The quantitative estimate of drug-likeness (QED) is 0.394. The number of ether oxygens (including phenoxy) is 2. The molecule has 2 atom stereocenters. The Labute approximate surface area is 193 Å². The topological polar surface area (TPSA) is 149 Å². The summed E-state index contributed by atoms with van der Waals surface area (Å²) in [6.07, 6.45) is -1.31. The fraction of sp³-hybridized carbons (Fsp3) is 0.591. The van der Waals surface area contributed by atoms with Gasteiger partial charge in [-0.05, 0) is 54.0 Å². The maximum atomic E-state index is 12.8. The van der Waals surface area contributed by atoms with Gasteiger partial charge in [0.25, 0.3) is 5.69 Å². The number of amides is 3. The summed E-state index contributed by atoms with van der Waals surface area (Å²) >= 11 is 0. The number of nitro groups is 1. The highest BCUT2D eigenvalue weighted by Crippen LogP contribution is 2.14. The van der Waals surface area contributed by atoms with Crippen LogP contribution in [0.2, 0.25) is 0 Å². The highest BCUT2D eigenvalue weighted by Gasteiger charge is 2.25. The predicted molar refractivity (Wildman–Crippen MR) is 122 cm³/mol. The molecule has 0 saturated heterocycles. The van der Waals surface area contributed by atoms with E-state index < -0.39 is 46.3 Å². The average Bonchev–Trinajstić information content (AvgIpc) is 2.62. The Morgan fingerprint density at radius 3 is 1.88 bits per heavy atom. The predicted octanol–water partition coefficient (Wildman–Crippen LogP) is 3.06. The van der Waals surface area contributed by atoms with Gasteiger partial charge >= 0.3 is 12.2 Å². The highest BCUT2D eigenvalue weighted by atomic mass is 16.6. The van der Waals surface area contributed by atoms with E-state index in [1.54, 1.807) is 48.5 Å². The largest absolute Gasteiger partial charge is 0.444 e. The summed E-state index contributed by atoms with van der Waals surface area (Å²) in [6.45, 7) is 12.1. The number of hydrogen-bond acceptors (Lipinski definition) is 7. The van der Waals surface area contributed by atoms with E-state index in [1.807, 2.05) is 0 Å². The first-order chi connectivity index (χ1) is 15.1. The molecule has 0 aliphatic rings. The lowest BCUT2D eigenvalue weighted by molar-refractivity contribution is -0.384. The summed E-state index contributed by atoms with van der Waals surface area (Å²) in [7, 11) is 0. The van der Waals surface area contributed by atoms with Crippen LogP contribution in [0.4, 0.5) is 15.3 Å². The lowest BCUT2D eigenvalue weighted by Crippen LogP contribution is -2.52. The molecule has 0 unspecified atom stereocenters. The molecule has 0 aromatic heterocycles. The van der Waals surface area contributed by atoms with Crippen LogP contribution in [0.15, 0.2) is 24.3 Å². The monoisotopic (exact) mass is 466 g/mol. The molecule has 0 saturated carbocycles. The summed E-state index contributed by atoms with van der Waals surface area (Å²) in [5.41, 5.74) is -0.886. The van der Waals surface area contributed by atoms with E-state index in [0.717, 1.165) is 0 Å². The fourth-order valence-electron chi connectivity index (χ4n) is 2.59. The van der Waals surface area contributed by atoms with E-state index in [1.165, 1.54) is 24.3 Å². The van der Waals surface area contributed by atoms with Crippen molar-refractivity contribution in [1.82, 2.24) is 16.0 Å². The van der Waals surface area contributed by atoms with Crippen LogP contribution < -0.4 is 16.0 Å². The number of hydrogen-bond donors (Lipinski definition) is 3. The molecule has 184 valence electrons. The van der Waals surface area contributed by atoms with Gasteiger partial charge in [-0.3, -0.25) is 14.9 Å². The number of carbonyl (C=O) groups excluding carboxylic acids is 3. The minimum absolute atomic E-state index is 0.0803. The summed E-state index contributed by atoms with van der Waals surface area (Å²) in [5, 5.41) is 18.7. The van der Waals surface area contributed by atoms with Crippen molar-refractivity contribution in [1.29, 1.82) is 0 Å². The molecule has 3 N–H and O–H groups in total. The Kier molecular flexibility index (Phi) is 9.63. The minimum atomic E-state index is -1.00. The molecule has 0 bridgehead atoms. The Morgan fingerprint density at radius 2 is 1.42 bits per heavy atom. The third-order valence-corrected chi connectivity index (χ3v) is 3.94. The van der Waals surface area contributed by atoms with Gasteiger partial charge in [0.2, 0.25) is 5.91 Å². The third-order valence-electron chi connectivity index (χ3n) is 3.94. The second-order valence-electron chi connectivity index (χ2n) is 9.62. The number of nitro benzene ring substituents is 1. The van der Waals surface area contributed by atoms with Gasteiger partial charge in [-0.2, -0.15) is 0 Å². The van der Waals surface area contributed by atoms with Crippen molar-refractivity contribution in [3.63, 3.8) is 0 Å². The standard InChI is InChI=1S/C22H34N4O7/c1-14(24-19(28)32-21(2,3)4)13-23-18(27)17(25-20(29)33-22(5,6)7)12-15-8-10-16(11-9-15)26(30)31/h8-11,14,17H,12-13H2,1-7H3,(H,23,27)(H,24,28)(H,25,29)/t14-,17-/m0/s1. The van der Waals surface area contributed by atoms with Crippen LogP contribution in [0.5, 0.6) is 0 Å². The van der Waals surface area contributed by atoms with Crippen LogP contribution in [-0.2, 0) is 20.7 Å². The molecule has 0 fully saturated rings. The molecule has 0 aliphatic carbocycles. The van der Waals surface area contributed by atoms with Gasteiger partial charge in [0.05, 0.1) is 4.92 Å². The molecule has 1 aromatic carbocycles. The van der Waals surface area contributed by atoms with E-state index in [2.05, 4.69) is 16.0 Å². The van der Waals surface area contributed by atoms with Gasteiger partial charge in [0, 0.05) is 31.1 Å². The number of alkyl carbamates (subject to hydrolysis) is 2. The number of non-ortho nitro benzene ring substituents is 1. The fourth-order valence-corrected chi connectivity index (χ4v) is 2.59. The van der Waals surface area contributed by atoms with E-state index in [0.29, 0.717) is 5.56 Å². The Hall–Kier alpha value is -3.37. The minimum Gasteiger partial charge on any atom is -0.444 e. The molecule has 1 rings (SSSR count). The van der Waals surface area contributed by atoms with Gasteiger partial charge in [-0.1, -0.05) is 12.1 Å². The zero-order chi connectivity index (χ0) is 25.4. The van der Waals surface area contributed by atoms with Gasteiger partial charge in [0.15, 0.2) is 0 Å². The Bertz CT molecular complexity index is 842. The van der Waals surface area contributed by atoms with Crippen molar-refractivity contribution in [2.75, 3.05) is 6.54 Å². The second-order valence-corrected chi connectivity index (χ2v) is 9.62. The summed E-state index contributed by atoms with van der Waals surface area (Å²) in [5.74, 6) is -0.503. The molecule has 0 spiro atoms. The summed E-state index contributed by atoms with van der Waals surface area (Å²) in [4.78, 5) is 47.3. The molecule has 0 aliphatic heterocycles. The molecule has 0 radical (unpaired) electrons. The Balaban J connectivity index is 2.82. The zero-order valence-electron chi connectivity index (χ0n) is 20.2. The van der Waals surface area contributed by atoms with Gasteiger partial charge in [-0.15, -0.1) is 0 Å². The normalized spacial score (nSPS) is 13.3. The van der Waals surface area contributed by atoms with E-state index in [4.69, 9.17) is 9.47 Å². The number of rotatable bonds is 8. The van der Waals surface area contributed by atoms with Crippen molar-refractivity contribution in [2.45, 2.75) is 78.2 Å². The third kappa shape index (κ3) is 11.7. The van der Waals surface area contributed by atoms with Crippen molar-refractivity contribution in [3.05, 3.63) is 39.9 Å². The van der Waals surface area contributed by atoms with Crippen LogP contribution in [0.1, 0.15) is 54.0 Å². The lowest BCUT2D eigenvalue weighted by atomic mass is 10.0. The maximum absolute atomic E-state index is 12.8. The van der Waals surface area contributed by atoms with Crippen LogP contribution in [0, 0.1) is 10.1 Å². The smallest absolute Gasteiger partial charge is 0.408 e. The first-order valence-corrected chi connectivity index (χ1v) is 10.6. The van der Waals surface area contributed by atoms with Crippen LogP contribution in [0.25, 0.3) is 0 Å². The zero-order valence-corrected chi connectivity index (χ0v) is 20.2. The maximum Gasteiger partial charge on any atom is 0.408 e. The van der Waals surface area contributed by atoms with Crippen LogP contribution in [0.3, 0.4) is 0 Å². The molecule has 33 heavy (non-hydrogen) atoms. The molecule has 1 aromatic rings. The number of nitrogens with one attached hydrogen (secondary N) is 3. The average molecular weight is 467 g/mol. The second kappa shape index (κ2) is 11.5. The number of benzene rings is 1. The van der Waals surface area contributed by atoms with Crippen LogP contribution >= 0.6 is 0 Å². The van der Waals surface area contributed by atoms with E-state index in [-0.39, 0.29) is 18.7 Å². The van der Waals surface area contributed by atoms with Crippen molar-refractivity contribution in [3.8, 4) is 0 Å². The van der Waals surface area contributed by atoms with E-state index >= 15 is 0 Å². The lowest BCUT2D eigenvalue weighted by Gasteiger charge is -2.24. The first-order valence-electron chi connectivity index (χ1n) is 10.6. The molecular formula is C22H34N4O7. The summed E-state index contributed by atoms with van der Waals surface area (Å²) in [6, 6.07) is 4.24. The van der Waals surface area contributed by atoms with E-state index in [9.17, 15) is 24.5 Å². The van der Waals surface area contributed by atoms with Crippen molar-refractivity contribution < 1.29 is 28.8 Å². The van der Waals surface area contributed by atoms with Gasteiger partial charge in [-0.25, -0.2) is 9.59 Å². The highest BCUT2D eigenvalue weighted by molar-refractivity contribution is 5.86. The van der Waals surface area contributed by atoms with Crippen molar-refractivity contribution >= 4 is 23.8 Å². The molecule has 11 nitrogen and oxygen atoms in total. The molecule has 3 amide bonds. The Morgan fingerprint density at radius 1 is 0.939 bits per heavy atom.